The Hall–Kier alpha value is -3.00. The van der Waals surface area contributed by atoms with Gasteiger partial charge in [-0.15, -0.1) is 0 Å². The van der Waals surface area contributed by atoms with Crippen LogP contribution in [-0.4, -0.2) is 11.6 Å². The van der Waals surface area contributed by atoms with Crippen LogP contribution in [0, 0.1) is 0 Å². The van der Waals surface area contributed by atoms with Crippen LogP contribution < -0.4 is 0 Å². The molecule has 0 atom stereocenters. The summed E-state index contributed by atoms with van der Waals surface area (Å²) in [5.41, 5.74) is 2.54. The molecule has 0 aliphatic heterocycles. The largest absolute Gasteiger partial charge is 0.285 e. The molecule has 1 aliphatic carbocycles. The third-order valence-electron chi connectivity index (χ3n) is 4.02. The zero-order valence-corrected chi connectivity index (χ0v) is 11.7. The Labute approximate surface area is 127 Å². The van der Waals surface area contributed by atoms with E-state index in [4.69, 9.17) is 0 Å². The van der Waals surface area contributed by atoms with Crippen molar-refractivity contribution in [1.82, 2.24) is 0 Å². The van der Waals surface area contributed by atoms with Crippen molar-refractivity contribution in [3.8, 4) is 0 Å². The molecule has 2 heteroatoms. The molecule has 0 heterocycles. The zero-order valence-electron chi connectivity index (χ0n) is 11.7. The standard InChI is InChI=1S/C20H12O2/c21-19-17-8-4-3-7-15(17)12-18(20(19)22)16-10-9-13-5-1-2-6-14(13)11-16/h1-12H. The molecule has 3 aromatic carbocycles. The summed E-state index contributed by atoms with van der Waals surface area (Å²) in [6, 6.07) is 21.0. The van der Waals surface area contributed by atoms with Crippen LogP contribution in [0.4, 0.5) is 0 Å². The monoisotopic (exact) mass is 284 g/mol. The molecule has 0 N–H and O–H groups in total. The first-order valence-corrected chi connectivity index (χ1v) is 7.13. The Morgan fingerprint density at radius 3 is 2.23 bits per heavy atom. The van der Waals surface area contributed by atoms with E-state index in [0.717, 1.165) is 21.9 Å². The molecule has 0 amide bonds. The second-order valence-electron chi connectivity index (χ2n) is 5.37. The van der Waals surface area contributed by atoms with Crippen LogP contribution in [0.25, 0.3) is 22.4 Å². The van der Waals surface area contributed by atoms with Crippen LogP contribution in [-0.2, 0) is 4.79 Å². The summed E-state index contributed by atoms with van der Waals surface area (Å²) in [5, 5.41) is 2.17. The molecule has 3 aromatic rings. The van der Waals surface area contributed by atoms with Crippen molar-refractivity contribution in [3.05, 3.63) is 83.4 Å². The second-order valence-corrected chi connectivity index (χ2v) is 5.37. The van der Waals surface area contributed by atoms with Gasteiger partial charge in [-0.2, -0.15) is 0 Å². The van der Waals surface area contributed by atoms with E-state index in [9.17, 15) is 9.59 Å². The number of rotatable bonds is 1. The predicted octanol–water partition coefficient (Wildman–Crippen LogP) is 4.15. The van der Waals surface area contributed by atoms with Gasteiger partial charge < -0.3 is 0 Å². The summed E-state index contributed by atoms with van der Waals surface area (Å²) in [4.78, 5) is 24.7. The van der Waals surface area contributed by atoms with Crippen molar-refractivity contribution >= 4 is 34.0 Å². The van der Waals surface area contributed by atoms with Gasteiger partial charge in [-0.1, -0.05) is 60.7 Å². The number of carbonyl (C=O) groups is 2. The Kier molecular flexibility index (Phi) is 2.76. The minimum Gasteiger partial charge on any atom is -0.285 e. The van der Waals surface area contributed by atoms with Gasteiger partial charge in [0.05, 0.1) is 0 Å². The number of carbonyl (C=O) groups excluding carboxylic acids is 2. The van der Waals surface area contributed by atoms with Crippen LogP contribution in [0.15, 0.2) is 66.7 Å². The lowest BCUT2D eigenvalue weighted by Crippen LogP contribution is -2.20. The lowest BCUT2D eigenvalue weighted by atomic mass is 9.86. The number of ketones is 2. The molecule has 0 unspecified atom stereocenters. The quantitative estimate of drug-likeness (QED) is 0.629. The van der Waals surface area contributed by atoms with E-state index in [1.165, 1.54) is 0 Å². The minimum atomic E-state index is -0.436. The third-order valence-corrected chi connectivity index (χ3v) is 4.02. The van der Waals surface area contributed by atoms with Crippen LogP contribution in [0.1, 0.15) is 21.5 Å². The SMILES string of the molecule is O=C1C(=O)c2ccccc2C=C1c1ccc2ccccc2c1. The topological polar surface area (TPSA) is 34.1 Å². The average Bonchev–Trinajstić information content (AvgIpc) is 2.58. The van der Waals surface area contributed by atoms with E-state index in [-0.39, 0.29) is 0 Å². The molecular formula is C20H12O2. The molecule has 22 heavy (non-hydrogen) atoms. The number of Topliss-reactive ketones (excluding diaryl/α,β-unsaturated/α-hetero) is 2. The summed E-state index contributed by atoms with van der Waals surface area (Å²) in [7, 11) is 0. The van der Waals surface area contributed by atoms with Crippen molar-refractivity contribution in [2.75, 3.05) is 0 Å². The van der Waals surface area contributed by atoms with Gasteiger partial charge in [0.25, 0.3) is 0 Å². The first kappa shape index (κ1) is 12.7. The lowest BCUT2D eigenvalue weighted by Gasteiger charge is -2.15. The maximum absolute atomic E-state index is 12.4. The number of hydrogen-bond donors (Lipinski definition) is 0. The fourth-order valence-electron chi connectivity index (χ4n) is 2.87. The highest BCUT2D eigenvalue weighted by Gasteiger charge is 2.27. The molecule has 0 aromatic heterocycles. The van der Waals surface area contributed by atoms with Crippen molar-refractivity contribution in [2.24, 2.45) is 0 Å². The van der Waals surface area contributed by atoms with Crippen LogP contribution in [0.2, 0.25) is 0 Å². The van der Waals surface area contributed by atoms with Crippen LogP contribution in [0.3, 0.4) is 0 Å². The smallest absolute Gasteiger partial charge is 0.234 e. The summed E-state index contributed by atoms with van der Waals surface area (Å²) in [6.45, 7) is 0. The summed E-state index contributed by atoms with van der Waals surface area (Å²) >= 11 is 0. The van der Waals surface area contributed by atoms with Gasteiger partial charge in [-0.25, -0.2) is 0 Å². The van der Waals surface area contributed by atoms with Crippen molar-refractivity contribution in [2.45, 2.75) is 0 Å². The van der Waals surface area contributed by atoms with E-state index in [1.54, 1.807) is 12.1 Å². The first-order chi connectivity index (χ1) is 10.7. The van der Waals surface area contributed by atoms with E-state index >= 15 is 0 Å². The number of fused-ring (bicyclic) bond motifs is 2. The van der Waals surface area contributed by atoms with Gasteiger partial charge in [-0.3, -0.25) is 9.59 Å². The van der Waals surface area contributed by atoms with Gasteiger partial charge in [0.2, 0.25) is 11.6 Å². The van der Waals surface area contributed by atoms with Gasteiger partial charge in [0, 0.05) is 11.1 Å². The van der Waals surface area contributed by atoms with Gasteiger partial charge >= 0.3 is 0 Å². The Morgan fingerprint density at radius 2 is 1.36 bits per heavy atom. The number of benzene rings is 3. The third kappa shape index (κ3) is 1.89. The molecule has 0 bridgehead atoms. The first-order valence-electron chi connectivity index (χ1n) is 7.13. The average molecular weight is 284 g/mol. The predicted molar refractivity (Wildman–Crippen MR) is 87.6 cm³/mol. The molecule has 4 rings (SSSR count). The molecule has 0 saturated heterocycles. The van der Waals surface area contributed by atoms with Gasteiger partial charge in [0.1, 0.15) is 0 Å². The van der Waals surface area contributed by atoms with Crippen molar-refractivity contribution in [1.29, 1.82) is 0 Å². The zero-order chi connectivity index (χ0) is 15.1. The van der Waals surface area contributed by atoms with E-state index in [2.05, 4.69) is 0 Å². The van der Waals surface area contributed by atoms with Crippen molar-refractivity contribution in [3.63, 3.8) is 0 Å². The maximum atomic E-state index is 12.4. The maximum Gasteiger partial charge on any atom is 0.234 e. The highest BCUT2D eigenvalue weighted by Crippen LogP contribution is 2.29. The summed E-state index contributed by atoms with van der Waals surface area (Å²) in [6.07, 6.45) is 1.81. The van der Waals surface area contributed by atoms with E-state index in [0.29, 0.717) is 11.1 Å². The molecule has 0 saturated carbocycles. The van der Waals surface area contributed by atoms with Crippen LogP contribution in [0.5, 0.6) is 0 Å². The van der Waals surface area contributed by atoms with Gasteiger partial charge in [-0.05, 0) is 34.0 Å². The molecule has 0 radical (unpaired) electrons. The fourth-order valence-corrected chi connectivity index (χ4v) is 2.87. The minimum absolute atomic E-state index is 0.429. The molecule has 2 nitrogen and oxygen atoms in total. The van der Waals surface area contributed by atoms with Crippen LogP contribution >= 0.6 is 0 Å². The Balaban J connectivity index is 1.92. The molecule has 0 fully saturated rings. The molecule has 104 valence electrons. The lowest BCUT2D eigenvalue weighted by molar-refractivity contribution is -0.110. The summed E-state index contributed by atoms with van der Waals surface area (Å²) < 4.78 is 0. The number of hydrogen-bond acceptors (Lipinski definition) is 2. The normalized spacial score (nSPS) is 13.9. The van der Waals surface area contributed by atoms with Gasteiger partial charge in [0.15, 0.2) is 0 Å². The Bertz CT molecular complexity index is 964. The number of allylic oxidation sites excluding steroid dienone is 1. The molecule has 1 aliphatic rings. The second kappa shape index (κ2) is 4.78. The molecule has 0 spiro atoms. The fraction of sp³-hybridized carbons (Fsp3) is 0. The highest BCUT2D eigenvalue weighted by molar-refractivity contribution is 6.61. The molecular weight excluding hydrogens is 272 g/mol. The van der Waals surface area contributed by atoms with E-state index < -0.39 is 11.6 Å². The van der Waals surface area contributed by atoms with E-state index in [1.807, 2.05) is 60.7 Å². The summed E-state index contributed by atoms with van der Waals surface area (Å²) in [5.74, 6) is -0.866. The highest BCUT2D eigenvalue weighted by atomic mass is 16.2. The van der Waals surface area contributed by atoms with Crippen molar-refractivity contribution < 1.29 is 9.59 Å². The Morgan fingerprint density at radius 1 is 0.636 bits per heavy atom.